The minimum absolute atomic E-state index is 0.150. The van der Waals surface area contributed by atoms with Crippen LogP contribution >= 0.6 is 27.5 Å². The van der Waals surface area contributed by atoms with Crippen molar-refractivity contribution in [3.8, 4) is 5.75 Å². The highest BCUT2D eigenvalue weighted by Gasteiger charge is 2.38. The van der Waals surface area contributed by atoms with E-state index in [2.05, 4.69) is 21.2 Å². The second kappa shape index (κ2) is 9.56. The van der Waals surface area contributed by atoms with Crippen LogP contribution in [0.4, 0.5) is 14.9 Å². The van der Waals surface area contributed by atoms with Gasteiger partial charge in [0.15, 0.2) is 0 Å². The average Bonchev–Trinajstić information content (AvgIpc) is 2.78. The van der Waals surface area contributed by atoms with Gasteiger partial charge in [-0.3, -0.25) is 14.9 Å². The summed E-state index contributed by atoms with van der Waals surface area (Å²) in [5.41, 5.74) is 0.544. The van der Waals surface area contributed by atoms with Crippen LogP contribution in [0.1, 0.15) is 11.1 Å². The quantitative estimate of drug-likeness (QED) is 0.350. The molecule has 33 heavy (non-hydrogen) atoms. The molecule has 1 N–H and O–H groups in total. The van der Waals surface area contributed by atoms with Gasteiger partial charge in [-0.25, -0.2) is 14.1 Å². The van der Waals surface area contributed by atoms with Crippen molar-refractivity contribution in [2.45, 2.75) is 6.61 Å². The van der Waals surface area contributed by atoms with E-state index in [4.69, 9.17) is 16.3 Å². The molecule has 1 fully saturated rings. The maximum absolute atomic E-state index is 14.3. The van der Waals surface area contributed by atoms with Crippen molar-refractivity contribution in [3.63, 3.8) is 0 Å². The molecule has 0 unspecified atom stereocenters. The number of benzene rings is 3. The smallest absolute Gasteiger partial charge is 0.336 e. The number of ether oxygens (including phenoxy) is 1. The SMILES string of the molecule is O=C1NC(=O)N(c2ccccc2F)C(=O)/C1=C\c1cc(Br)ccc1OCc1ccccc1Cl. The van der Waals surface area contributed by atoms with Crippen molar-refractivity contribution in [2.75, 3.05) is 4.90 Å². The number of barbiturate groups is 1. The Labute approximate surface area is 201 Å². The predicted octanol–water partition coefficient (Wildman–Crippen LogP) is 5.49. The van der Waals surface area contributed by atoms with Gasteiger partial charge in [-0.1, -0.05) is 57.9 Å². The van der Waals surface area contributed by atoms with Crippen LogP contribution in [0.25, 0.3) is 6.08 Å². The predicted molar refractivity (Wildman–Crippen MR) is 125 cm³/mol. The zero-order chi connectivity index (χ0) is 23.5. The number of para-hydroxylation sites is 1. The summed E-state index contributed by atoms with van der Waals surface area (Å²) in [7, 11) is 0. The molecule has 4 rings (SSSR count). The Hall–Kier alpha value is -3.49. The van der Waals surface area contributed by atoms with Crippen LogP contribution in [0.15, 0.2) is 76.8 Å². The maximum atomic E-state index is 14.3. The number of hydrogen-bond acceptors (Lipinski definition) is 4. The molecular weight excluding hydrogens is 515 g/mol. The van der Waals surface area contributed by atoms with Crippen molar-refractivity contribution in [2.24, 2.45) is 0 Å². The molecule has 9 heteroatoms. The van der Waals surface area contributed by atoms with Gasteiger partial charge in [0.2, 0.25) is 0 Å². The van der Waals surface area contributed by atoms with E-state index >= 15 is 0 Å². The highest BCUT2D eigenvalue weighted by atomic mass is 79.9. The van der Waals surface area contributed by atoms with Gasteiger partial charge < -0.3 is 4.74 Å². The first-order valence-corrected chi connectivity index (χ1v) is 10.8. The zero-order valence-electron chi connectivity index (χ0n) is 16.8. The lowest BCUT2D eigenvalue weighted by atomic mass is 10.1. The minimum Gasteiger partial charge on any atom is -0.488 e. The number of hydrogen-bond donors (Lipinski definition) is 1. The van der Waals surface area contributed by atoms with Crippen molar-refractivity contribution in [1.29, 1.82) is 0 Å². The van der Waals surface area contributed by atoms with Crippen molar-refractivity contribution in [1.82, 2.24) is 5.32 Å². The number of rotatable bonds is 5. The van der Waals surface area contributed by atoms with Gasteiger partial charge in [-0.2, -0.15) is 0 Å². The number of urea groups is 1. The molecule has 0 atom stereocenters. The fourth-order valence-corrected chi connectivity index (χ4v) is 3.77. The Morgan fingerprint density at radius 3 is 2.52 bits per heavy atom. The second-order valence-corrected chi connectivity index (χ2v) is 8.29. The standard InChI is InChI=1S/C24H15BrClFN2O4/c25-16-9-10-21(33-13-14-5-1-2-6-18(14)26)15(11-16)12-17-22(30)28-24(32)29(23(17)31)20-8-4-3-7-19(20)27/h1-12H,13H2,(H,28,30,32)/b17-12-. The maximum Gasteiger partial charge on any atom is 0.336 e. The molecule has 6 nitrogen and oxygen atoms in total. The number of anilines is 1. The first-order chi connectivity index (χ1) is 15.8. The first kappa shape index (κ1) is 22.7. The van der Waals surface area contributed by atoms with Gasteiger partial charge >= 0.3 is 6.03 Å². The summed E-state index contributed by atoms with van der Waals surface area (Å²) in [6, 6.07) is 16.5. The minimum atomic E-state index is -1.03. The number of carbonyl (C=O) groups is 3. The first-order valence-electron chi connectivity index (χ1n) is 9.67. The summed E-state index contributed by atoms with van der Waals surface area (Å²) < 4.78 is 20.8. The van der Waals surface area contributed by atoms with Gasteiger partial charge in [0, 0.05) is 20.6 Å². The van der Waals surface area contributed by atoms with E-state index in [9.17, 15) is 18.8 Å². The number of imide groups is 2. The molecule has 1 saturated heterocycles. The lowest BCUT2D eigenvalue weighted by molar-refractivity contribution is -0.122. The molecular formula is C24H15BrClFN2O4. The van der Waals surface area contributed by atoms with Gasteiger partial charge in [0.1, 0.15) is 23.7 Å². The van der Waals surface area contributed by atoms with Crippen molar-refractivity contribution in [3.05, 3.63) is 98.7 Å². The van der Waals surface area contributed by atoms with Crippen LogP contribution in [-0.4, -0.2) is 17.8 Å². The van der Waals surface area contributed by atoms with E-state index in [0.717, 1.165) is 11.6 Å². The van der Waals surface area contributed by atoms with Crippen LogP contribution in [0.2, 0.25) is 5.02 Å². The van der Waals surface area contributed by atoms with Gasteiger partial charge in [-0.05, 0) is 42.5 Å². The third-order valence-corrected chi connectivity index (χ3v) is 5.67. The zero-order valence-corrected chi connectivity index (χ0v) is 19.2. The lowest BCUT2D eigenvalue weighted by Crippen LogP contribution is -2.54. The number of nitrogens with one attached hydrogen (secondary N) is 1. The number of carbonyl (C=O) groups excluding carboxylic acids is 3. The molecule has 1 aliphatic heterocycles. The summed E-state index contributed by atoms with van der Waals surface area (Å²) in [5.74, 6) is -2.25. The molecule has 0 bridgehead atoms. The van der Waals surface area contributed by atoms with Crippen LogP contribution in [-0.2, 0) is 16.2 Å². The largest absolute Gasteiger partial charge is 0.488 e. The fourth-order valence-electron chi connectivity index (χ4n) is 3.20. The Morgan fingerprint density at radius 1 is 1.03 bits per heavy atom. The molecule has 0 saturated carbocycles. The number of halogens is 3. The third kappa shape index (κ3) is 4.81. The Kier molecular flexibility index (Phi) is 6.57. The van der Waals surface area contributed by atoms with E-state index in [1.807, 2.05) is 12.1 Å². The highest BCUT2D eigenvalue weighted by molar-refractivity contribution is 9.10. The van der Waals surface area contributed by atoms with E-state index in [0.29, 0.717) is 25.7 Å². The normalized spacial score (nSPS) is 15.1. The fraction of sp³-hybridized carbons (Fsp3) is 0.0417. The highest BCUT2D eigenvalue weighted by Crippen LogP contribution is 2.30. The summed E-state index contributed by atoms with van der Waals surface area (Å²) in [6.07, 6.45) is 1.30. The van der Waals surface area contributed by atoms with Crippen LogP contribution < -0.4 is 15.0 Å². The van der Waals surface area contributed by atoms with Crippen LogP contribution in [0.3, 0.4) is 0 Å². The molecule has 0 radical (unpaired) electrons. The van der Waals surface area contributed by atoms with Crippen molar-refractivity contribution < 1.29 is 23.5 Å². The number of nitrogens with zero attached hydrogens (tertiary/aromatic N) is 1. The average molecular weight is 530 g/mol. The summed E-state index contributed by atoms with van der Waals surface area (Å²) >= 11 is 9.55. The molecule has 1 aliphatic rings. The van der Waals surface area contributed by atoms with E-state index in [1.165, 1.54) is 24.3 Å². The second-order valence-electron chi connectivity index (χ2n) is 6.97. The molecule has 0 spiro atoms. The third-order valence-electron chi connectivity index (χ3n) is 4.81. The Morgan fingerprint density at radius 2 is 1.76 bits per heavy atom. The molecule has 3 aromatic carbocycles. The Bertz CT molecular complexity index is 1310. The Balaban J connectivity index is 1.70. The molecule has 3 aromatic rings. The van der Waals surface area contributed by atoms with Gasteiger partial charge in [0.25, 0.3) is 11.8 Å². The van der Waals surface area contributed by atoms with Gasteiger partial charge in [0.05, 0.1) is 5.69 Å². The summed E-state index contributed by atoms with van der Waals surface area (Å²) in [5, 5.41) is 2.61. The van der Waals surface area contributed by atoms with Gasteiger partial charge in [-0.15, -0.1) is 0 Å². The molecule has 4 amide bonds. The number of amides is 4. The lowest BCUT2D eigenvalue weighted by Gasteiger charge is -2.26. The van der Waals surface area contributed by atoms with Crippen LogP contribution in [0.5, 0.6) is 5.75 Å². The van der Waals surface area contributed by atoms with E-state index in [1.54, 1.807) is 30.3 Å². The summed E-state index contributed by atoms with van der Waals surface area (Å²) in [4.78, 5) is 38.5. The monoisotopic (exact) mass is 528 g/mol. The van der Waals surface area contributed by atoms with Crippen molar-refractivity contribution >= 4 is 57.1 Å². The molecule has 166 valence electrons. The van der Waals surface area contributed by atoms with E-state index < -0.39 is 23.7 Å². The molecule has 0 aromatic heterocycles. The molecule has 0 aliphatic carbocycles. The van der Waals surface area contributed by atoms with Crippen LogP contribution in [0, 0.1) is 5.82 Å². The molecule has 1 heterocycles. The summed E-state index contributed by atoms with van der Waals surface area (Å²) in [6.45, 7) is 0.150. The topological polar surface area (TPSA) is 75.7 Å². The van der Waals surface area contributed by atoms with E-state index in [-0.39, 0.29) is 17.9 Å².